The van der Waals surface area contributed by atoms with Crippen LogP contribution in [-0.2, 0) is 10.8 Å². The lowest BCUT2D eigenvalue weighted by Gasteiger charge is -1.98. The average molecular weight is 389 g/mol. The Bertz CT molecular complexity index is 736. The number of imidazole rings is 1. The summed E-state index contributed by atoms with van der Waals surface area (Å²) >= 11 is 8.18. The van der Waals surface area contributed by atoms with E-state index < -0.39 is 0 Å². The molecule has 3 aromatic rings. The Kier molecular flexibility index (Phi) is 3.44. The molecule has 0 fully saturated rings. The Morgan fingerprint density at radius 3 is 2.95 bits per heavy atom. The van der Waals surface area contributed by atoms with Crippen LogP contribution in [0.25, 0.3) is 17.2 Å². The summed E-state index contributed by atoms with van der Waals surface area (Å²) in [6, 6.07) is 3.63. The van der Waals surface area contributed by atoms with E-state index in [4.69, 9.17) is 16.0 Å². The molecule has 19 heavy (non-hydrogen) atoms. The standard InChI is InChI=1S/C12H10ClIN4O/c1-2-8-11(12-17-16-10(6-14)19-12)18-4-3-7(13)5-9(18)15-8/h3-5H,2,6H2,1H3. The Morgan fingerprint density at radius 1 is 1.42 bits per heavy atom. The number of halogens is 2. The maximum atomic E-state index is 5.99. The monoisotopic (exact) mass is 388 g/mol. The third-order valence-corrected chi connectivity index (χ3v) is 3.67. The predicted octanol–water partition coefficient (Wildman–Crippen LogP) is 3.54. The second kappa shape index (κ2) is 5.09. The number of nitrogens with zero attached hydrogens (tertiary/aromatic N) is 4. The molecule has 0 N–H and O–H groups in total. The van der Waals surface area contributed by atoms with Crippen LogP contribution in [0.3, 0.4) is 0 Å². The van der Waals surface area contributed by atoms with Crippen LogP contribution in [0.2, 0.25) is 5.02 Å². The van der Waals surface area contributed by atoms with E-state index >= 15 is 0 Å². The molecule has 0 aromatic carbocycles. The Balaban J connectivity index is 2.25. The number of fused-ring (bicyclic) bond motifs is 1. The lowest BCUT2D eigenvalue weighted by molar-refractivity contribution is 0.528. The third kappa shape index (κ3) is 2.23. The molecule has 3 heterocycles. The number of hydrogen-bond donors (Lipinski definition) is 0. The summed E-state index contributed by atoms with van der Waals surface area (Å²) in [6.45, 7) is 2.04. The maximum Gasteiger partial charge on any atom is 0.266 e. The van der Waals surface area contributed by atoms with Crippen molar-refractivity contribution in [2.45, 2.75) is 17.8 Å². The topological polar surface area (TPSA) is 56.2 Å². The number of aryl methyl sites for hydroxylation is 1. The largest absolute Gasteiger partial charge is 0.418 e. The van der Waals surface area contributed by atoms with E-state index in [0.717, 1.165) is 23.5 Å². The molecule has 0 saturated carbocycles. The van der Waals surface area contributed by atoms with Crippen molar-refractivity contribution in [3.05, 3.63) is 34.9 Å². The zero-order valence-electron chi connectivity index (χ0n) is 10.1. The highest BCUT2D eigenvalue weighted by Crippen LogP contribution is 2.26. The van der Waals surface area contributed by atoms with Gasteiger partial charge in [0.15, 0.2) is 0 Å². The molecular weight excluding hydrogens is 379 g/mol. The van der Waals surface area contributed by atoms with Gasteiger partial charge in [-0.1, -0.05) is 41.1 Å². The van der Waals surface area contributed by atoms with Crippen molar-refractivity contribution in [1.29, 1.82) is 0 Å². The summed E-state index contributed by atoms with van der Waals surface area (Å²) in [5.74, 6) is 1.11. The van der Waals surface area contributed by atoms with Gasteiger partial charge in [0, 0.05) is 17.3 Å². The first-order valence-corrected chi connectivity index (χ1v) is 7.68. The second-order valence-corrected chi connectivity index (χ2v) is 5.17. The summed E-state index contributed by atoms with van der Waals surface area (Å²) in [6.07, 6.45) is 2.66. The molecule has 0 aliphatic rings. The van der Waals surface area contributed by atoms with E-state index in [2.05, 4.69) is 37.8 Å². The highest BCUT2D eigenvalue weighted by atomic mass is 127. The highest BCUT2D eigenvalue weighted by molar-refractivity contribution is 14.1. The van der Waals surface area contributed by atoms with Crippen LogP contribution in [0.1, 0.15) is 18.5 Å². The van der Waals surface area contributed by atoms with E-state index in [1.54, 1.807) is 0 Å². The zero-order chi connectivity index (χ0) is 13.4. The molecule has 0 aliphatic heterocycles. The van der Waals surface area contributed by atoms with Crippen LogP contribution < -0.4 is 0 Å². The normalized spacial score (nSPS) is 11.3. The van der Waals surface area contributed by atoms with Gasteiger partial charge >= 0.3 is 0 Å². The number of rotatable bonds is 3. The van der Waals surface area contributed by atoms with Gasteiger partial charge < -0.3 is 4.42 Å². The molecular formula is C12H10ClIN4O. The summed E-state index contributed by atoms with van der Waals surface area (Å²) in [5, 5.41) is 8.75. The van der Waals surface area contributed by atoms with Crippen LogP contribution in [0.15, 0.2) is 22.7 Å². The fourth-order valence-electron chi connectivity index (χ4n) is 1.94. The van der Waals surface area contributed by atoms with Gasteiger partial charge in [0.05, 0.1) is 10.1 Å². The molecule has 98 valence electrons. The molecule has 7 heteroatoms. The first-order valence-electron chi connectivity index (χ1n) is 5.78. The minimum atomic E-state index is 0.498. The average Bonchev–Trinajstić information content (AvgIpc) is 3.00. The van der Waals surface area contributed by atoms with Gasteiger partial charge in [-0.25, -0.2) is 4.98 Å². The number of pyridine rings is 1. The van der Waals surface area contributed by atoms with Crippen molar-refractivity contribution in [3.8, 4) is 11.6 Å². The van der Waals surface area contributed by atoms with Gasteiger partial charge in [0.1, 0.15) is 11.3 Å². The van der Waals surface area contributed by atoms with Gasteiger partial charge in [-0.2, -0.15) is 0 Å². The molecule has 0 bridgehead atoms. The van der Waals surface area contributed by atoms with E-state index in [1.807, 2.05) is 29.7 Å². The molecule has 5 nitrogen and oxygen atoms in total. The molecule has 3 rings (SSSR count). The van der Waals surface area contributed by atoms with Gasteiger partial charge in [-0.05, 0) is 12.5 Å². The van der Waals surface area contributed by atoms with E-state index in [1.165, 1.54) is 0 Å². The highest BCUT2D eigenvalue weighted by Gasteiger charge is 2.18. The van der Waals surface area contributed by atoms with Gasteiger partial charge in [-0.15, -0.1) is 10.2 Å². The Labute approximate surface area is 128 Å². The minimum absolute atomic E-state index is 0.498. The first kappa shape index (κ1) is 12.9. The van der Waals surface area contributed by atoms with Crippen molar-refractivity contribution in [3.63, 3.8) is 0 Å². The molecule has 0 saturated heterocycles. The van der Waals surface area contributed by atoms with Crippen LogP contribution in [0.4, 0.5) is 0 Å². The molecule has 0 aliphatic carbocycles. The SMILES string of the molecule is CCc1nc2cc(Cl)ccn2c1-c1nnc(CI)o1. The molecule has 0 spiro atoms. The summed E-state index contributed by atoms with van der Waals surface area (Å²) in [7, 11) is 0. The van der Waals surface area contributed by atoms with Crippen LogP contribution in [0, 0.1) is 0 Å². The summed E-state index contributed by atoms with van der Waals surface area (Å²) in [4.78, 5) is 4.55. The van der Waals surface area contributed by atoms with Gasteiger partial charge in [-0.3, -0.25) is 4.40 Å². The van der Waals surface area contributed by atoms with Gasteiger partial charge in [0.2, 0.25) is 5.89 Å². The molecule has 0 unspecified atom stereocenters. The van der Waals surface area contributed by atoms with E-state index in [9.17, 15) is 0 Å². The van der Waals surface area contributed by atoms with Crippen LogP contribution >= 0.6 is 34.2 Å². The van der Waals surface area contributed by atoms with Crippen molar-refractivity contribution in [2.75, 3.05) is 0 Å². The minimum Gasteiger partial charge on any atom is -0.418 e. The lowest BCUT2D eigenvalue weighted by Crippen LogP contribution is -1.91. The van der Waals surface area contributed by atoms with Crippen LogP contribution in [-0.4, -0.2) is 19.6 Å². The smallest absolute Gasteiger partial charge is 0.266 e. The number of hydrogen-bond acceptors (Lipinski definition) is 4. The Hall–Kier alpha value is -1.15. The maximum absolute atomic E-state index is 5.99. The third-order valence-electron chi connectivity index (χ3n) is 2.78. The second-order valence-electron chi connectivity index (χ2n) is 3.97. The fraction of sp³-hybridized carbons (Fsp3) is 0.250. The quantitative estimate of drug-likeness (QED) is 0.509. The van der Waals surface area contributed by atoms with Crippen molar-refractivity contribution in [2.24, 2.45) is 0 Å². The van der Waals surface area contributed by atoms with Crippen molar-refractivity contribution >= 4 is 39.8 Å². The fourth-order valence-corrected chi connectivity index (χ4v) is 2.41. The molecule has 3 aromatic heterocycles. The van der Waals surface area contributed by atoms with E-state index in [0.29, 0.717) is 21.2 Å². The lowest BCUT2D eigenvalue weighted by atomic mass is 10.2. The molecule has 0 radical (unpaired) electrons. The molecule has 0 atom stereocenters. The number of aromatic nitrogens is 4. The van der Waals surface area contributed by atoms with Crippen molar-refractivity contribution < 1.29 is 4.42 Å². The first-order chi connectivity index (χ1) is 9.22. The number of alkyl halides is 1. The Morgan fingerprint density at radius 2 is 2.26 bits per heavy atom. The predicted molar refractivity (Wildman–Crippen MR) is 80.6 cm³/mol. The zero-order valence-corrected chi connectivity index (χ0v) is 13.0. The van der Waals surface area contributed by atoms with Crippen molar-refractivity contribution in [1.82, 2.24) is 19.6 Å². The van der Waals surface area contributed by atoms with E-state index in [-0.39, 0.29) is 0 Å². The summed E-state index contributed by atoms with van der Waals surface area (Å²) < 4.78 is 8.25. The van der Waals surface area contributed by atoms with Gasteiger partial charge in [0.25, 0.3) is 5.89 Å². The summed E-state index contributed by atoms with van der Waals surface area (Å²) in [5.41, 5.74) is 2.55. The molecule has 0 amide bonds. The van der Waals surface area contributed by atoms with Crippen LogP contribution in [0.5, 0.6) is 0 Å².